The summed E-state index contributed by atoms with van der Waals surface area (Å²) in [5, 5.41) is 10.9. The minimum absolute atomic E-state index is 0. The van der Waals surface area contributed by atoms with Gasteiger partial charge < -0.3 is 20.1 Å². The highest BCUT2D eigenvalue weighted by atomic mass is 127. The number of aliphatic imine (C=N–C) groups is 1. The SMILES string of the molecule is CN=C(NCc1cc(C(C)C)no1)NCC(C1CCCCC1)N(C)C.I. The average molecular weight is 477 g/mol. The molecule has 0 bridgehead atoms. The number of guanidine groups is 1. The predicted molar refractivity (Wildman–Crippen MR) is 118 cm³/mol. The second kappa shape index (κ2) is 11.8. The van der Waals surface area contributed by atoms with Gasteiger partial charge in [0.05, 0.1) is 12.2 Å². The maximum atomic E-state index is 5.38. The lowest BCUT2D eigenvalue weighted by atomic mass is 9.83. The Morgan fingerprint density at radius 1 is 1.27 bits per heavy atom. The molecule has 7 heteroatoms. The minimum atomic E-state index is 0. The van der Waals surface area contributed by atoms with Gasteiger partial charge in [0.25, 0.3) is 0 Å². The number of nitrogens with zero attached hydrogens (tertiary/aromatic N) is 3. The van der Waals surface area contributed by atoms with Gasteiger partial charge in [0.15, 0.2) is 11.7 Å². The average Bonchev–Trinajstić information content (AvgIpc) is 3.08. The number of rotatable bonds is 7. The van der Waals surface area contributed by atoms with Crippen LogP contribution in [-0.2, 0) is 6.54 Å². The van der Waals surface area contributed by atoms with E-state index in [1.165, 1.54) is 32.1 Å². The molecule has 0 aromatic carbocycles. The Labute approximate surface area is 175 Å². The van der Waals surface area contributed by atoms with Gasteiger partial charge in [-0.1, -0.05) is 38.3 Å². The van der Waals surface area contributed by atoms with Crippen LogP contribution in [0.2, 0.25) is 0 Å². The summed E-state index contributed by atoms with van der Waals surface area (Å²) < 4.78 is 5.38. The fourth-order valence-corrected chi connectivity index (χ4v) is 3.57. The molecule has 26 heavy (non-hydrogen) atoms. The standard InChI is InChI=1S/C19H35N5O.HI/c1-14(2)17-11-16(25-23-17)12-21-19(20-3)22-13-18(24(4)5)15-9-7-6-8-10-15;/h11,14-15,18H,6-10,12-13H2,1-5H3,(H2,20,21,22);1H. The third kappa shape index (κ3) is 7.06. The molecule has 0 spiro atoms. The van der Waals surface area contributed by atoms with Gasteiger partial charge in [-0.2, -0.15) is 0 Å². The molecule has 1 aliphatic rings. The van der Waals surface area contributed by atoms with Crippen molar-refractivity contribution in [3.05, 3.63) is 17.5 Å². The largest absolute Gasteiger partial charge is 0.359 e. The minimum Gasteiger partial charge on any atom is -0.359 e. The Kier molecular flexibility index (Phi) is 10.5. The van der Waals surface area contributed by atoms with Crippen LogP contribution in [0.5, 0.6) is 0 Å². The second-order valence-corrected chi connectivity index (χ2v) is 7.61. The van der Waals surface area contributed by atoms with Crippen molar-refractivity contribution in [2.75, 3.05) is 27.7 Å². The van der Waals surface area contributed by atoms with Crippen LogP contribution in [0.3, 0.4) is 0 Å². The molecular formula is C19H36IN5O. The molecule has 1 aromatic rings. The van der Waals surface area contributed by atoms with E-state index in [2.05, 4.69) is 53.6 Å². The highest BCUT2D eigenvalue weighted by molar-refractivity contribution is 14.0. The normalized spacial score (nSPS) is 17.3. The van der Waals surface area contributed by atoms with Gasteiger partial charge in [-0.15, -0.1) is 24.0 Å². The lowest BCUT2D eigenvalue weighted by molar-refractivity contribution is 0.171. The van der Waals surface area contributed by atoms with Crippen molar-refractivity contribution in [1.29, 1.82) is 0 Å². The van der Waals surface area contributed by atoms with Gasteiger partial charge in [-0.3, -0.25) is 4.99 Å². The molecule has 1 saturated carbocycles. The van der Waals surface area contributed by atoms with Gasteiger partial charge in [-0.25, -0.2) is 0 Å². The number of hydrogen-bond acceptors (Lipinski definition) is 4. The van der Waals surface area contributed by atoms with E-state index in [4.69, 9.17) is 4.52 Å². The number of halogens is 1. The summed E-state index contributed by atoms with van der Waals surface area (Å²) >= 11 is 0. The highest BCUT2D eigenvalue weighted by Gasteiger charge is 2.25. The Morgan fingerprint density at radius 2 is 1.96 bits per heavy atom. The third-order valence-corrected chi connectivity index (χ3v) is 5.16. The molecule has 0 radical (unpaired) electrons. The Morgan fingerprint density at radius 3 is 2.50 bits per heavy atom. The van der Waals surface area contributed by atoms with E-state index < -0.39 is 0 Å². The lowest BCUT2D eigenvalue weighted by Crippen LogP contribution is -2.48. The van der Waals surface area contributed by atoms with Crippen LogP contribution in [0.4, 0.5) is 0 Å². The topological polar surface area (TPSA) is 65.7 Å². The van der Waals surface area contributed by atoms with Crippen molar-refractivity contribution >= 4 is 29.9 Å². The molecule has 0 saturated heterocycles. The quantitative estimate of drug-likeness (QED) is 0.357. The molecule has 1 unspecified atom stereocenters. The maximum absolute atomic E-state index is 5.38. The number of hydrogen-bond donors (Lipinski definition) is 2. The first kappa shape index (κ1) is 23.2. The molecule has 1 aromatic heterocycles. The molecule has 2 rings (SSSR count). The van der Waals surface area contributed by atoms with Gasteiger partial charge in [-0.05, 0) is 38.8 Å². The van der Waals surface area contributed by atoms with Crippen LogP contribution < -0.4 is 10.6 Å². The first-order chi connectivity index (χ1) is 12.0. The van der Waals surface area contributed by atoms with E-state index in [0.717, 1.165) is 29.9 Å². The van der Waals surface area contributed by atoms with Crippen LogP contribution in [0.15, 0.2) is 15.6 Å². The molecule has 1 atom stereocenters. The lowest BCUT2D eigenvalue weighted by Gasteiger charge is -2.35. The van der Waals surface area contributed by atoms with Crippen LogP contribution in [-0.4, -0.2) is 49.7 Å². The smallest absolute Gasteiger partial charge is 0.191 e. The summed E-state index contributed by atoms with van der Waals surface area (Å²) in [5.41, 5.74) is 0.990. The van der Waals surface area contributed by atoms with Crippen molar-refractivity contribution in [3.8, 4) is 0 Å². The maximum Gasteiger partial charge on any atom is 0.191 e. The van der Waals surface area contributed by atoms with Crippen molar-refractivity contribution in [1.82, 2.24) is 20.7 Å². The summed E-state index contributed by atoms with van der Waals surface area (Å²) in [6.45, 7) is 5.73. The summed E-state index contributed by atoms with van der Waals surface area (Å²) in [6.07, 6.45) is 6.80. The van der Waals surface area contributed by atoms with Crippen LogP contribution >= 0.6 is 24.0 Å². The molecule has 1 fully saturated rings. The number of aromatic nitrogens is 1. The van der Waals surface area contributed by atoms with E-state index in [0.29, 0.717) is 18.5 Å². The fraction of sp³-hybridized carbons (Fsp3) is 0.789. The van der Waals surface area contributed by atoms with E-state index >= 15 is 0 Å². The third-order valence-electron chi connectivity index (χ3n) is 5.16. The zero-order valence-corrected chi connectivity index (χ0v) is 19.2. The van der Waals surface area contributed by atoms with E-state index in [1.54, 1.807) is 7.05 Å². The van der Waals surface area contributed by atoms with Crippen molar-refractivity contribution in [3.63, 3.8) is 0 Å². The fourth-order valence-electron chi connectivity index (χ4n) is 3.57. The Bertz CT molecular complexity index is 538. The highest BCUT2D eigenvalue weighted by Crippen LogP contribution is 2.28. The molecule has 0 amide bonds. The molecule has 0 aliphatic heterocycles. The molecule has 6 nitrogen and oxygen atoms in total. The number of nitrogens with one attached hydrogen (secondary N) is 2. The van der Waals surface area contributed by atoms with E-state index in [-0.39, 0.29) is 24.0 Å². The molecule has 150 valence electrons. The summed E-state index contributed by atoms with van der Waals surface area (Å²) in [6, 6.07) is 2.55. The van der Waals surface area contributed by atoms with Crippen LogP contribution in [0.25, 0.3) is 0 Å². The molecule has 2 N–H and O–H groups in total. The van der Waals surface area contributed by atoms with Gasteiger partial charge in [0.1, 0.15) is 0 Å². The molecule has 1 aliphatic carbocycles. The van der Waals surface area contributed by atoms with Crippen LogP contribution in [0, 0.1) is 5.92 Å². The monoisotopic (exact) mass is 477 g/mol. The molecule has 1 heterocycles. The van der Waals surface area contributed by atoms with Crippen molar-refractivity contribution < 1.29 is 4.52 Å². The Balaban J connectivity index is 0.00000338. The molecular weight excluding hydrogens is 441 g/mol. The summed E-state index contributed by atoms with van der Waals surface area (Å²) in [5.74, 6) is 2.80. The Hall–Kier alpha value is -0.830. The van der Waals surface area contributed by atoms with E-state index in [9.17, 15) is 0 Å². The van der Waals surface area contributed by atoms with E-state index in [1.807, 2.05) is 6.07 Å². The summed E-state index contributed by atoms with van der Waals surface area (Å²) in [7, 11) is 6.17. The van der Waals surface area contributed by atoms with Gasteiger partial charge in [0, 0.05) is 25.7 Å². The predicted octanol–water partition coefficient (Wildman–Crippen LogP) is 3.59. The van der Waals surface area contributed by atoms with Gasteiger partial charge >= 0.3 is 0 Å². The second-order valence-electron chi connectivity index (χ2n) is 7.61. The summed E-state index contributed by atoms with van der Waals surface area (Å²) in [4.78, 5) is 6.68. The zero-order chi connectivity index (χ0) is 18.2. The van der Waals surface area contributed by atoms with Crippen molar-refractivity contribution in [2.24, 2.45) is 10.9 Å². The van der Waals surface area contributed by atoms with Gasteiger partial charge in [0.2, 0.25) is 0 Å². The van der Waals surface area contributed by atoms with Crippen molar-refractivity contribution in [2.45, 2.75) is 64.5 Å². The number of likely N-dealkylation sites (N-methyl/N-ethyl adjacent to an activating group) is 1. The first-order valence-electron chi connectivity index (χ1n) is 9.57. The first-order valence-corrected chi connectivity index (χ1v) is 9.57. The zero-order valence-electron chi connectivity index (χ0n) is 16.9. The van der Waals surface area contributed by atoms with Crippen LogP contribution in [0.1, 0.15) is 63.3 Å².